The number of nitrogens with one attached hydrogen (secondary N) is 2. The number of hydrogen-bond acceptors (Lipinski definition) is 5. The molecule has 0 saturated carbocycles. The number of likely N-dealkylation sites (N-methyl/N-ethyl adjacent to an activating group) is 2. The Kier molecular flexibility index (Phi) is 6.50. The van der Waals surface area contributed by atoms with Crippen LogP contribution in [0.15, 0.2) is 48.8 Å². The Hall–Kier alpha value is -2.91. The van der Waals surface area contributed by atoms with Gasteiger partial charge in [-0.05, 0) is 38.4 Å². The molecular formula is C20H22F3N5O. The van der Waals surface area contributed by atoms with E-state index in [0.717, 1.165) is 30.8 Å². The summed E-state index contributed by atoms with van der Waals surface area (Å²) in [6.07, 6.45) is -1.31. The third-order valence-corrected chi connectivity index (χ3v) is 4.27. The molecule has 0 bridgehead atoms. The van der Waals surface area contributed by atoms with Gasteiger partial charge in [0.2, 0.25) is 5.88 Å². The lowest BCUT2D eigenvalue weighted by Crippen LogP contribution is -2.27. The normalized spacial score (nSPS) is 11.8. The monoisotopic (exact) mass is 405 g/mol. The van der Waals surface area contributed by atoms with Crippen molar-refractivity contribution in [1.82, 2.24) is 25.4 Å². The molecule has 0 saturated heterocycles. The van der Waals surface area contributed by atoms with E-state index in [2.05, 4.69) is 25.4 Å². The Labute approximate surface area is 166 Å². The number of pyridine rings is 1. The summed E-state index contributed by atoms with van der Waals surface area (Å²) in [7, 11) is 3.80. The van der Waals surface area contributed by atoms with E-state index in [1.807, 2.05) is 14.1 Å². The minimum absolute atomic E-state index is 0.0472. The molecule has 3 rings (SSSR count). The Bertz CT molecular complexity index is 927. The summed E-state index contributed by atoms with van der Waals surface area (Å²) in [5, 5.41) is 10.0. The van der Waals surface area contributed by atoms with Crippen molar-refractivity contribution in [2.24, 2.45) is 0 Å². The third kappa shape index (κ3) is 5.55. The number of alkyl halides is 3. The summed E-state index contributed by atoms with van der Waals surface area (Å²) in [5.74, 6) is 0.262. The number of rotatable bonds is 8. The first-order chi connectivity index (χ1) is 13.9. The van der Waals surface area contributed by atoms with E-state index in [1.165, 1.54) is 12.3 Å². The summed E-state index contributed by atoms with van der Waals surface area (Å²) < 4.78 is 46.0. The van der Waals surface area contributed by atoms with Crippen molar-refractivity contribution in [1.29, 1.82) is 0 Å². The van der Waals surface area contributed by atoms with Crippen LogP contribution in [-0.2, 0) is 12.7 Å². The third-order valence-electron chi connectivity index (χ3n) is 4.27. The predicted molar refractivity (Wildman–Crippen MR) is 104 cm³/mol. The molecule has 6 nitrogen and oxygen atoms in total. The molecule has 154 valence electrons. The SMILES string of the molecule is CNCCN(C)Cc1c[nH]nc1-c1cc(Oc2ccccn2)cc(C(F)(F)F)c1. The molecule has 0 aliphatic rings. The molecule has 0 aliphatic heterocycles. The van der Waals surface area contributed by atoms with Crippen molar-refractivity contribution in [3.05, 3.63) is 59.9 Å². The highest BCUT2D eigenvalue weighted by Crippen LogP contribution is 2.37. The second-order valence-electron chi connectivity index (χ2n) is 6.61. The number of aromatic nitrogens is 3. The van der Waals surface area contributed by atoms with Crippen molar-refractivity contribution in [2.45, 2.75) is 12.7 Å². The minimum atomic E-state index is -4.52. The quantitative estimate of drug-likeness (QED) is 0.594. The van der Waals surface area contributed by atoms with Crippen LogP contribution in [0.2, 0.25) is 0 Å². The molecule has 0 spiro atoms. The van der Waals surface area contributed by atoms with E-state index in [-0.39, 0.29) is 11.6 Å². The molecule has 0 atom stereocenters. The molecule has 2 N–H and O–H groups in total. The van der Waals surface area contributed by atoms with E-state index in [4.69, 9.17) is 4.74 Å². The topological polar surface area (TPSA) is 66.1 Å². The van der Waals surface area contributed by atoms with Crippen LogP contribution in [0.25, 0.3) is 11.3 Å². The van der Waals surface area contributed by atoms with Crippen LogP contribution in [0.1, 0.15) is 11.1 Å². The Morgan fingerprint density at radius 1 is 1.21 bits per heavy atom. The van der Waals surface area contributed by atoms with Gasteiger partial charge in [-0.3, -0.25) is 5.10 Å². The lowest BCUT2D eigenvalue weighted by molar-refractivity contribution is -0.137. The number of ether oxygens (including phenoxy) is 1. The maximum Gasteiger partial charge on any atom is 0.416 e. The van der Waals surface area contributed by atoms with Crippen LogP contribution >= 0.6 is 0 Å². The van der Waals surface area contributed by atoms with E-state index < -0.39 is 11.7 Å². The van der Waals surface area contributed by atoms with Gasteiger partial charge in [0.25, 0.3) is 0 Å². The maximum absolute atomic E-state index is 13.5. The minimum Gasteiger partial charge on any atom is -0.439 e. The van der Waals surface area contributed by atoms with Crippen molar-refractivity contribution in [3.63, 3.8) is 0 Å². The van der Waals surface area contributed by atoms with Crippen LogP contribution in [0.4, 0.5) is 13.2 Å². The van der Waals surface area contributed by atoms with Gasteiger partial charge in [-0.1, -0.05) is 6.07 Å². The van der Waals surface area contributed by atoms with Crippen LogP contribution in [0.5, 0.6) is 11.6 Å². The van der Waals surface area contributed by atoms with Gasteiger partial charge in [-0.2, -0.15) is 18.3 Å². The van der Waals surface area contributed by atoms with E-state index in [9.17, 15) is 13.2 Å². The highest BCUT2D eigenvalue weighted by molar-refractivity contribution is 5.66. The van der Waals surface area contributed by atoms with Gasteiger partial charge in [0, 0.05) is 49.2 Å². The molecular weight excluding hydrogens is 383 g/mol. The first kappa shape index (κ1) is 20.8. The van der Waals surface area contributed by atoms with Crippen LogP contribution < -0.4 is 10.1 Å². The molecule has 0 unspecified atom stereocenters. The molecule has 0 radical (unpaired) electrons. The van der Waals surface area contributed by atoms with Crippen molar-refractivity contribution >= 4 is 0 Å². The molecule has 29 heavy (non-hydrogen) atoms. The van der Waals surface area contributed by atoms with Crippen molar-refractivity contribution in [3.8, 4) is 22.9 Å². The molecule has 2 aromatic heterocycles. The zero-order valence-corrected chi connectivity index (χ0v) is 16.1. The largest absolute Gasteiger partial charge is 0.439 e. The molecule has 0 amide bonds. The zero-order valence-electron chi connectivity index (χ0n) is 16.1. The van der Waals surface area contributed by atoms with Crippen molar-refractivity contribution < 1.29 is 17.9 Å². The van der Waals surface area contributed by atoms with Gasteiger partial charge in [0.1, 0.15) is 5.75 Å². The number of hydrogen-bond donors (Lipinski definition) is 2. The van der Waals surface area contributed by atoms with Gasteiger partial charge in [-0.25, -0.2) is 4.98 Å². The zero-order chi connectivity index (χ0) is 20.9. The average molecular weight is 405 g/mol. The molecule has 9 heteroatoms. The first-order valence-corrected chi connectivity index (χ1v) is 9.04. The molecule has 1 aromatic carbocycles. The smallest absolute Gasteiger partial charge is 0.416 e. The van der Waals surface area contributed by atoms with Crippen LogP contribution in [-0.4, -0.2) is 47.3 Å². The highest BCUT2D eigenvalue weighted by Gasteiger charge is 2.32. The first-order valence-electron chi connectivity index (χ1n) is 9.04. The molecule has 2 heterocycles. The van der Waals surface area contributed by atoms with Crippen LogP contribution in [0, 0.1) is 0 Å². The van der Waals surface area contributed by atoms with Gasteiger partial charge in [0.15, 0.2) is 0 Å². The maximum atomic E-state index is 13.5. The van der Waals surface area contributed by atoms with Crippen LogP contribution in [0.3, 0.4) is 0 Å². The fourth-order valence-corrected chi connectivity index (χ4v) is 2.84. The van der Waals surface area contributed by atoms with Gasteiger partial charge in [-0.15, -0.1) is 0 Å². The fraction of sp³-hybridized carbons (Fsp3) is 0.300. The Morgan fingerprint density at radius 2 is 2.03 bits per heavy atom. The summed E-state index contributed by atoms with van der Waals surface area (Å²) in [6.45, 7) is 2.13. The number of nitrogens with zero attached hydrogens (tertiary/aromatic N) is 3. The second kappa shape index (κ2) is 9.06. The van der Waals surface area contributed by atoms with Crippen molar-refractivity contribution in [2.75, 3.05) is 27.2 Å². The predicted octanol–water partition coefficient (Wildman–Crippen LogP) is 3.93. The van der Waals surface area contributed by atoms with Gasteiger partial charge in [0.05, 0.1) is 11.3 Å². The summed E-state index contributed by atoms with van der Waals surface area (Å²) >= 11 is 0. The second-order valence-corrected chi connectivity index (χ2v) is 6.61. The summed E-state index contributed by atoms with van der Waals surface area (Å²) in [4.78, 5) is 6.07. The highest BCUT2D eigenvalue weighted by atomic mass is 19.4. The molecule has 0 aliphatic carbocycles. The Morgan fingerprint density at radius 3 is 2.72 bits per heavy atom. The Balaban J connectivity index is 1.95. The lowest BCUT2D eigenvalue weighted by atomic mass is 10.0. The standard InChI is InChI=1S/C20H22F3N5O/c1-24-7-8-28(2)13-15-12-26-27-19(15)14-9-16(20(21,22)23)11-17(10-14)29-18-5-3-4-6-25-18/h3-6,9-12,24H,7-8,13H2,1-2H3,(H,26,27). The van der Waals surface area contributed by atoms with E-state index in [1.54, 1.807) is 24.4 Å². The number of aromatic amines is 1. The van der Waals surface area contributed by atoms with E-state index in [0.29, 0.717) is 17.8 Å². The summed E-state index contributed by atoms with van der Waals surface area (Å²) in [5.41, 5.74) is 0.771. The number of benzene rings is 1. The average Bonchev–Trinajstić information content (AvgIpc) is 3.14. The number of H-pyrrole nitrogens is 1. The summed E-state index contributed by atoms with van der Waals surface area (Å²) in [6, 6.07) is 8.56. The van der Waals surface area contributed by atoms with E-state index >= 15 is 0 Å². The molecule has 3 aromatic rings. The fourth-order valence-electron chi connectivity index (χ4n) is 2.84. The number of halogens is 3. The van der Waals surface area contributed by atoms with Gasteiger partial charge >= 0.3 is 6.18 Å². The molecule has 0 fully saturated rings. The lowest BCUT2D eigenvalue weighted by Gasteiger charge is -2.17. The van der Waals surface area contributed by atoms with Gasteiger partial charge < -0.3 is 15.0 Å².